The second kappa shape index (κ2) is 7.93. The van der Waals surface area contributed by atoms with Gasteiger partial charge in [0.2, 0.25) is 0 Å². The van der Waals surface area contributed by atoms with Crippen molar-refractivity contribution in [2.24, 2.45) is 5.73 Å². The quantitative estimate of drug-likeness (QED) is 0.716. The number of nitrogens with two attached hydrogens (primary N) is 1. The molecule has 3 N–H and O–H groups in total. The third-order valence-corrected chi connectivity index (χ3v) is 4.31. The number of nitrogens with zero attached hydrogens (tertiary/aromatic N) is 3. The SMILES string of the molecule is CC(C)c1ccc(C(N)CNC(=O)c2cccc(-n3cncn3)c2)cc1. The summed E-state index contributed by atoms with van der Waals surface area (Å²) >= 11 is 0. The Morgan fingerprint density at radius 2 is 1.88 bits per heavy atom. The number of carbonyl (C=O) groups is 1. The molecule has 0 aliphatic carbocycles. The molecule has 0 aliphatic rings. The first kappa shape index (κ1) is 17.8. The van der Waals surface area contributed by atoms with Crippen LogP contribution in [0.4, 0.5) is 0 Å². The van der Waals surface area contributed by atoms with Gasteiger partial charge in [-0.3, -0.25) is 4.79 Å². The molecule has 1 unspecified atom stereocenters. The predicted molar refractivity (Wildman–Crippen MR) is 101 cm³/mol. The molecule has 3 rings (SSSR count). The van der Waals surface area contributed by atoms with Gasteiger partial charge in [0.15, 0.2) is 0 Å². The average Bonchev–Trinajstić information content (AvgIpc) is 3.21. The standard InChI is InChI=1S/C20H23N5O/c1-14(2)15-6-8-16(9-7-15)19(21)11-23-20(26)17-4-3-5-18(10-17)25-13-22-12-24-25/h3-10,12-14,19H,11,21H2,1-2H3,(H,23,26). The third kappa shape index (κ3) is 4.15. The van der Waals surface area contributed by atoms with Crippen LogP contribution < -0.4 is 11.1 Å². The lowest BCUT2D eigenvalue weighted by Crippen LogP contribution is -2.32. The fraction of sp³-hybridized carbons (Fsp3) is 0.250. The van der Waals surface area contributed by atoms with Crippen molar-refractivity contribution in [2.75, 3.05) is 6.54 Å². The third-order valence-electron chi connectivity index (χ3n) is 4.31. The molecule has 0 saturated heterocycles. The molecule has 6 heteroatoms. The second-order valence-corrected chi connectivity index (χ2v) is 6.53. The van der Waals surface area contributed by atoms with Gasteiger partial charge >= 0.3 is 0 Å². The zero-order valence-corrected chi connectivity index (χ0v) is 15.0. The molecule has 1 aromatic heterocycles. The van der Waals surface area contributed by atoms with Crippen molar-refractivity contribution in [1.82, 2.24) is 20.1 Å². The van der Waals surface area contributed by atoms with Crippen LogP contribution in [0.5, 0.6) is 0 Å². The summed E-state index contributed by atoms with van der Waals surface area (Å²) in [7, 11) is 0. The van der Waals surface area contributed by atoms with Crippen LogP contribution in [0.2, 0.25) is 0 Å². The van der Waals surface area contributed by atoms with Crippen molar-refractivity contribution in [1.29, 1.82) is 0 Å². The Hall–Kier alpha value is -2.99. The van der Waals surface area contributed by atoms with Crippen LogP contribution in [0.15, 0.2) is 61.2 Å². The minimum absolute atomic E-state index is 0.166. The predicted octanol–water partition coefficient (Wildman–Crippen LogP) is 2.82. The van der Waals surface area contributed by atoms with Crippen molar-refractivity contribution in [2.45, 2.75) is 25.8 Å². The largest absolute Gasteiger partial charge is 0.350 e. The lowest BCUT2D eigenvalue weighted by molar-refractivity contribution is 0.0951. The topological polar surface area (TPSA) is 85.8 Å². The van der Waals surface area contributed by atoms with Crippen molar-refractivity contribution in [3.05, 3.63) is 77.9 Å². The summed E-state index contributed by atoms with van der Waals surface area (Å²) in [6, 6.07) is 15.2. The summed E-state index contributed by atoms with van der Waals surface area (Å²) in [5.74, 6) is 0.318. The fourth-order valence-electron chi connectivity index (χ4n) is 2.68. The molecule has 1 atom stereocenters. The number of hydrogen-bond donors (Lipinski definition) is 2. The van der Waals surface area contributed by atoms with Gasteiger partial charge in [-0.25, -0.2) is 9.67 Å². The Balaban J connectivity index is 1.62. The molecule has 1 amide bonds. The zero-order chi connectivity index (χ0) is 18.5. The first-order valence-electron chi connectivity index (χ1n) is 8.63. The van der Waals surface area contributed by atoms with E-state index in [1.807, 2.05) is 24.3 Å². The van der Waals surface area contributed by atoms with E-state index < -0.39 is 0 Å². The minimum Gasteiger partial charge on any atom is -0.350 e. The van der Waals surface area contributed by atoms with Crippen LogP contribution in [0.1, 0.15) is 47.3 Å². The highest BCUT2D eigenvalue weighted by Gasteiger charge is 2.11. The van der Waals surface area contributed by atoms with Crippen LogP contribution >= 0.6 is 0 Å². The highest BCUT2D eigenvalue weighted by Crippen LogP contribution is 2.17. The van der Waals surface area contributed by atoms with Gasteiger partial charge < -0.3 is 11.1 Å². The smallest absolute Gasteiger partial charge is 0.251 e. The maximum atomic E-state index is 12.4. The van der Waals surface area contributed by atoms with E-state index in [9.17, 15) is 4.79 Å². The van der Waals surface area contributed by atoms with Crippen LogP contribution in [-0.2, 0) is 0 Å². The first-order valence-corrected chi connectivity index (χ1v) is 8.63. The summed E-state index contributed by atoms with van der Waals surface area (Å²) in [6.45, 7) is 4.68. The normalized spacial score (nSPS) is 12.2. The van der Waals surface area contributed by atoms with Crippen LogP contribution in [-0.4, -0.2) is 27.2 Å². The van der Waals surface area contributed by atoms with E-state index in [1.54, 1.807) is 23.1 Å². The molecule has 0 saturated carbocycles. The molecule has 134 valence electrons. The summed E-state index contributed by atoms with van der Waals surface area (Å²) in [5, 5.41) is 6.97. The number of benzene rings is 2. The van der Waals surface area contributed by atoms with Gasteiger partial charge in [0, 0.05) is 18.2 Å². The van der Waals surface area contributed by atoms with Crippen LogP contribution in [0, 0.1) is 0 Å². The number of aromatic nitrogens is 3. The van der Waals surface area contributed by atoms with Gasteiger partial charge in [-0.1, -0.05) is 44.2 Å². The lowest BCUT2D eigenvalue weighted by atomic mass is 9.99. The minimum atomic E-state index is -0.251. The zero-order valence-electron chi connectivity index (χ0n) is 15.0. The van der Waals surface area contributed by atoms with Gasteiger partial charge in [0.1, 0.15) is 12.7 Å². The summed E-state index contributed by atoms with van der Waals surface area (Å²) in [5.41, 5.74) is 9.83. The van der Waals surface area contributed by atoms with E-state index in [0.29, 0.717) is 18.0 Å². The average molecular weight is 349 g/mol. The number of carbonyl (C=O) groups excluding carboxylic acids is 1. The maximum Gasteiger partial charge on any atom is 0.251 e. The molecule has 0 aliphatic heterocycles. The molecule has 1 heterocycles. The van der Waals surface area contributed by atoms with Crippen molar-refractivity contribution < 1.29 is 4.79 Å². The molecule has 26 heavy (non-hydrogen) atoms. The molecular weight excluding hydrogens is 326 g/mol. The summed E-state index contributed by atoms with van der Waals surface area (Å²) in [4.78, 5) is 16.4. The maximum absolute atomic E-state index is 12.4. The van der Waals surface area contributed by atoms with Gasteiger partial charge in [0.25, 0.3) is 5.91 Å². The molecule has 3 aromatic rings. The van der Waals surface area contributed by atoms with Crippen molar-refractivity contribution >= 4 is 5.91 Å². The van der Waals surface area contributed by atoms with Gasteiger partial charge in [0.05, 0.1) is 5.69 Å². The Bertz CT molecular complexity index is 856. The number of nitrogens with one attached hydrogen (secondary N) is 1. The van der Waals surface area contributed by atoms with Gasteiger partial charge in [-0.15, -0.1) is 0 Å². The Kier molecular flexibility index (Phi) is 5.43. The van der Waals surface area contributed by atoms with Gasteiger partial charge in [-0.05, 0) is 35.2 Å². The molecular formula is C20H23N5O. The summed E-state index contributed by atoms with van der Waals surface area (Å²) < 4.78 is 1.61. The van der Waals surface area contributed by atoms with E-state index in [1.165, 1.54) is 11.9 Å². The van der Waals surface area contributed by atoms with Gasteiger partial charge in [-0.2, -0.15) is 5.10 Å². The Labute approximate surface area is 153 Å². The monoisotopic (exact) mass is 349 g/mol. The molecule has 6 nitrogen and oxygen atoms in total. The Morgan fingerprint density at radius 3 is 2.54 bits per heavy atom. The number of hydrogen-bond acceptors (Lipinski definition) is 4. The number of amides is 1. The highest BCUT2D eigenvalue weighted by molar-refractivity contribution is 5.94. The van der Waals surface area contributed by atoms with Crippen LogP contribution in [0.25, 0.3) is 5.69 Å². The van der Waals surface area contributed by atoms with Crippen molar-refractivity contribution in [3.8, 4) is 5.69 Å². The molecule has 0 bridgehead atoms. The van der Waals surface area contributed by atoms with E-state index in [4.69, 9.17) is 5.73 Å². The first-order chi connectivity index (χ1) is 12.5. The molecule has 2 aromatic carbocycles. The van der Waals surface area contributed by atoms with Crippen LogP contribution in [0.3, 0.4) is 0 Å². The Morgan fingerprint density at radius 1 is 1.15 bits per heavy atom. The number of rotatable bonds is 6. The van der Waals surface area contributed by atoms with E-state index in [0.717, 1.165) is 11.3 Å². The van der Waals surface area contributed by atoms with E-state index >= 15 is 0 Å². The fourth-order valence-corrected chi connectivity index (χ4v) is 2.68. The highest BCUT2D eigenvalue weighted by atomic mass is 16.1. The lowest BCUT2D eigenvalue weighted by Gasteiger charge is -2.15. The van der Waals surface area contributed by atoms with Crippen molar-refractivity contribution in [3.63, 3.8) is 0 Å². The van der Waals surface area contributed by atoms with E-state index in [2.05, 4.69) is 41.4 Å². The second-order valence-electron chi connectivity index (χ2n) is 6.53. The van der Waals surface area contributed by atoms with E-state index in [-0.39, 0.29) is 11.9 Å². The molecule has 0 fully saturated rings. The molecule has 0 radical (unpaired) electrons. The molecule has 0 spiro atoms. The summed E-state index contributed by atoms with van der Waals surface area (Å²) in [6.07, 6.45) is 3.05.